The number of nitrogens with two attached hydrogens (primary N) is 1. The maximum atomic E-state index is 12.5. The molecule has 2 saturated carbocycles. The molecule has 4 atom stereocenters. The highest BCUT2D eigenvalue weighted by Gasteiger charge is 2.38. The van der Waals surface area contributed by atoms with Gasteiger partial charge in [0, 0.05) is 11.6 Å². The second-order valence-electron chi connectivity index (χ2n) is 6.95. The molecule has 0 aromatic rings. The smallest absolute Gasteiger partial charge is 0.225 e. The fraction of sp³-hybridized carbons (Fsp3) is 0.938. The van der Waals surface area contributed by atoms with Gasteiger partial charge in [-0.1, -0.05) is 39.0 Å². The van der Waals surface area contributed by atoms with E-state index in [1.807, 2.05) is 6.92 Å². The number of carbonyl (C=O) groups excluding carboxylic acids is 1. The second kappa shape index (κ2) is 6.25. The van der Waals surface area contributed by atoms with E-state index in [4.69, 9.17) is 5.73 Å². The quantitative estimate of drug-likeness (QED) is 0.825. The molecule has 2 aliphatic rings. The van der Waals surface area contributed by atoms with Crippen molar-refractivity contribution in [2.24, 2.45) is 17.6 Å². The predicted molar refractivity (Wildman–Crippen MR) is 78.7 cm³/mol. The zero-order chi connectivity index (χ0) is 13.9. The molecular formula is C16H30N2O. The van der Waals surface area contributed by atoms with Gasteiger partial charge in [-0.3, -0.25) is 4.79 Å². The molecule has 2 fully saturated rings. The first kappa shape index (κ1) is 14.8. The molecular weight excluding hydrogens is 236 g/mol. The molecule has 0 aromatic heterocycles. The first-order valence-corrected chi connectivity index (χ1v) is 8.12. The van der Waals surface area contributed by atoms with Gasteiger partial charge in [-0.2, -0.15) is 0 Å². The lowest BCUT2D eigenvalue weighted by atomic mass is 9.74. The lowest BCUT2D eigenvalue weighted by Gasteiger charge is -2.39. The van der Waals surface area contributed by atoms with Crippen molar-refractivity contribution in [1.29, 1.82) is 0 Å². The zero-order valence-corrected chi connectivity index (χ0v) is 12.6. The highest BCUT2D eigenvalue weighted by atomic mass is 16.2. The second-order valence-corrected chi connectivity index (χ2v) is 6.95. The standard InChI is InChI=1S/C16H30N2O/c1-3-12-7-6-8-13(11-12)18-15(19)14-9-4-5-10-16(14,2)17/h12-14H,3-11,17H2,1-2H3,(H,18,19). The Labute approximate surface area is 117 Å². The van der Waals surface area contributed by atoms with Gasteiger partial charge < -0.3 is 11.1 Å². The Morgan fingerprint density at radius 3 is 2.74 bits per heavy atom. The largest absolute Gasteiger partial charge is 0.353 e. The molecule has 4 unspecified atom stereocenters. The molecule has 0 heterocycles. The average Bonchev–Trinajstić information content (AvgIpc) is 2.38. The monoisotopic (exact) mass is 266 g/mol. The summed E-state index contributed by atoms with van der Waals surface area (Å²) in [6, 6.07) is 0.393. The van der Waals surface area contributed by atoms with Crippen molar-refractivity contribution < 1.29 is 4.79 Å². The minimum atomic E-state index is -0.304. The summed E-state index contributed by atoms with van der Waals surface area (Å²) in [4.78, 5) is 12.5. The van der Waals surface area contributed by atoms with E-state index in [1.54, 1.807) is 0 Å². The number of rotatable bonds is 3. The summed E-state index contributed by atoms with van der Waals surface area (Å²) in [7, 11) is 0. The molecule has 0 aliphatic heterocycles. The molecule has 2 rings (SSSR count). The number of hydrogen-bond donors (Lipinski definition) is 2. The number of hydrogen-bond acceptors (Lipinski definition) is 2. The van der Waals surface area contributed by atoms with Crippen LogP contribution in [0.5, 0.6) is 0 Å². The molecule has 0 bridgehead atoms. The average molecular weight is 266 g/mol. The Balaban J connectivity index is 1.89. The fourth-order valence-corrected chi connectivity index (χ4v) is 3.88. The first-order valence-electron chi connectivity index (χ1n) is 8.12. The van der Waals surface area contributed by atoms with Crippen LogP contribution >= 0.6 is 0 Å². The van der Waals surface area contributed by atoms with Gasteiger partial charge >= 0.3 is 0 Å². The van der Waals surface area contributed by atoms with Crippen LogP contribution < -0.4 is 11.1 Å². The molecule has 0 aromatic carbocycles. The summed E-state index contributed by atoms with van der Waals surface area (Å²) in [6.45, 7) is 4.30. The van der Waals surface area contributed by atoms with Crippen LogP contribution in [0.15, 0.2) is 0 Å². The number of nitrogens with one attached hydrogen (secondary N) is 1. The van der Waals surface area contributed by atoms with E-state index in [2.05, 4.69) is 12.2 Å². The molecule has 110 valence electrons. The summed E-state index contributed by atoms with van der Waals surface area (Å²) >= 11 is 0. The predicted octanol–water partition coefficient (Wildman–Crippen LogP) is 2.98. The topological polar surface area (TPSA) is 55.1 Å². The summed E-state index contributed by atoms with van der Waals surface area (Å²) in [5, 5.41) is 3.29. The third-order valence-electron chi connectivity index (χ3n) is 5.28. The Hall–Kier alpha value is -0.570. The Kier molecular flexibility index (Phi) is 4.88. The summed E-state index contributed by atoms with van der Waals surface area (Å²) in [5.74, 6) is 1.03. The molecule has 1 amide bonds. The molecule has 0 radical (unpaired) electrons. The summed E-state index contributed by atoms with van der Waals surface area (Å²) in [5.41, 5.74) is 6.02. The molecule has 2 aliphatic carbocycles. The highest BCUT2D eigenvalue weighted by Crippen LogP contribution is 2.32. The van der Waals surface area contributed by atoms with Gasteiger partial charge in [0.05, 0.1) is 5.92 Å². The zero-order valence-electron chi connectivity index (χ0n) is 12.6. The summed E-state index contributed by atoms with van der Waals surface area (Å²) in [6.07, 6.45) is 10.4. The van der Waals surface area contributed by atoms with Crippen molar-refractivity contribution in [3.63, 3.8) is 0 Å². The highest BCUT2D eigenvalue weighted by molar-refractivity contribution is 5.80. The maximum Gasteiger partial charge on any atom is 0.225 e. The van der Waals surface area contributed by atoms with E-state index in [9.17, 15) is 4.79 Å². The van der Waals surface area contributed by atoms with Crippen LogP contribution in [0.3, 0.4) is 0 Å². The Morgan fingerprint density at radius 1 is 1.26 bits per heavy atom. The van der Waals surface area contributed by atoms with Crippen molar-refractivity contribution in [1.82, 2.24) is 5.32 Å². The molecule has 3 heteroatoms. The lowest BCUT2D eigenvalue weighted by molar-refractivity contribution is -0.129. The van der Waals surface area contributed by atoms with Crippen LogP contribution in [0.1, 0.15) is 71.6 Å². The van der Waals surface area contributed by atoms with Crippen LogP contribution in [0.2, 0.25) is 0 Å². The Bertz CT molecular complexity index is 314. The van der Waals surface area contributed by atoms with Gasteiger partial charge in [-0.15, -0.1) is 0 Å². The Morgan fingerprint density at radius 2 is 2.05 bits per heavy atom. The first-order chi connectivity index (χ1) is 9.03. The molecule has 3 N–H and O–H groups in total. The van der Waals surface area contributed by atoms with Crippen molar-refractivity contribution >= 4 is 5.91 Å². The molecule has 0 spiro atoms. The van der Waals surface area contributed by atoms with E-state index >= 15 is 0 Å². The van der Waals surface area contributed by atoms with E-state index in [1.165, 1.54) is 19.3 Å². The number of carbonyl (C=O) groups is 1. The lowest BCUT2D eigenvalue weighted by Crippen LogP contribution is -2.54. The number of amides is 1. The van der Waals surface area contributed by atoms with Gasteiger partial charge in [-0.25, -0.2) is 0 Å². The minimum absolute atomic E-state index is 0.0169. The van der Waals surface area contributed by atoms with Crippen LogP contribution in [0, 0.1) is 11.8 Å². The fourth-order valence-electron chi connectivity index (χ4n) is 3.88. The van der Waals surface area contributed by atoms with E-state index in [0.29, 0.717) is 6.04 Å². The summed E-state index contributed by atoms with van der Waals surface area (Å²) < 4.78 is 0. The van der Waals surface area contributed by atoms with Crippen molar-refractivity contribution in [3.05, 3.63) is 0 Å². The van der Waals surface area contributed by atoms with E-state index in [-0.39, 0.29) is 17.4 Å². The van der Waals surface area contributed by atoms with E-state index in [0.717, 1.165) is 44.4 Å². The van der Waals surface area contributed by atoms with Crippen molar-refractivity contribution in [2.45, 2.75) is 83.2 Å². The van der Waals surface area contributed by atoms with Gasteiger partial charge in [0.25, 0.3) is 0 Å². The van der Waals surface area contributed by atoms with Crippen LogP contribution in [0.25, 0.3) is 0 Å². The van der Waals surface area contributed by atoms with Gasteiger partial charge in [0.2, 0.25) is 5.91 Å². The molecule has 3 nitrogen and oxygen atoms in total. The van der Waals surface area contributed by atoms with Gasteiger partial charge in [0.1, 0.15) is 0 Å². The molecule has 0 saturated heterocycles. The van der Waals surface area contributed by atoms with Crippen LogP contribution in [-0.2, 0) is 4.79 Å². The van der Waals surface area contributed by atoms with Crippen LogP contribution in [0.4, 0.5) is 0 Å². The van der Waals surface area contributed by atoms with E-state index < -0.39 is 0 Å². The van der Waals surface area contributed by atoms with Crippen molar-refractivity contribution in [3.8, 4) is 0 Å². The van der Waals surface area contributed by atoms with Crippen molar-refractivity contribution in [2.75, 3.05) is 0 Å². The third-order valence-corrected chi connectivity index (χ3v) is 5.28. The van der Waals surface area contributed by atoms with Crippen LogP contribution in [-0.4, -0.2) is 17.5 Å². The van der Waals surface area contributed by atoms with Gasteiger partial charge in [-0.05, 0) is 38.5 Å². The minimum Gasteiger partial charge on any atom is -0.353 e. The SMILES string of the molecule is CCC1CCCC(NC(=O)C2CCCCC2(C)N)C1. The third kappa shape index (κ3) is 3.71. The van der Waals surface area contributed by atoms with Gasteiger partial charge in [0.15, 0.2) is 0 Å². The normalized spacial score (nSPS) is 39.8. The molecule has 19 heavy (non-hydrogen) atoms. The maximum absolute atomic E-state index is 12.5.